The minimum Gasteiger partial charge on any atom is -0.300 e. The Balaban J connectivity index is 4.37. The summed E-state index contributed by atoms with van der Waals surface area (Å²) in [5.41, 5.74) is 0. The molecule has 1 atom stereocenters. The number of hydrogen-bond acceptors (Lipinski definition) is 1. The van der Waals surface area contributed by atoms with Gasteiger partial charge in [0.15, 0.2) is 0 Å². The molecule has 0 aromatic heterocycles. The van der Waals surface area contributed by atoms with Crippen LogP contribution in [0.3, 0.4) is 0 Å². The van der Waals surface area contributed by atoms with Crippen molar-refractivity contribution in [2.45, 2.75) is 85.5 Å². The minimum atomic E-state index is 0.257. The zero-order chi connectivity index (χ0) is 13.1. The Morgan fingerprint density at radius 2 is 1.35 bits per heavy atom. The fourth-order valence-corrected chi connectivity index (χ4v) is 2.38. The van der Waals surface area contributed by atoms with Gasteiger partial charge in [0.2, 0.25) is 0 Å². The third kappa shape index (κ3) is 7.57. The quantitative estimate of drug-likeness (QED) is 0.476. The summed E-state index contributed by atoms with van der Waals surface area (Å²) in [6.07, 6.45) is 10.8. The second-order valence-electron chi connectivity index (χ2n) is 5.17. The summed E-state index contributed by atoms with van der Waals surface area (Å²) in [5, 5.41) is 0. The molecule has 0 aromatic rings. The van der Waals surface area contributed by atoms with Crippen molar-refractivity contribution in [1.29, 1.82) is 0 Å². The van der Waals surface area contributed by atoms with Crippen LogP contribution >= 0.6 is 0 Å². The highest BCUT2D eigenvalue weighted by Crippen LogP contribution is 2.31. The largest absolute Gasteiger partial charge is 0.300 e. The maximum absolute atomic E-state index is 11.8. The molecule has 0 heterocycles. The normalized spacial score (nSPS) is 13.0. The van der Waals surface area contributed by atoms with Gasteiger partial charge in [-0.25, -0.2) is 0 Å². The van der Waals surface area contributed by atoms with Crippen LogP contribution in [0.15, 0.2) is 0 Å². The summed E-state index contributed by atoms with van der Waals surface area (Å²) in [5.74, 6) is 2.18. The Labute approximate surface area is 108 Å². The van der Waals surface area contributed by atoms with Crippen molar-refractivity contribution >= 4 is 5.78 Å². The molecular weight excluding hydrogens is 208 g/mol. The second kappa shape index (κ2) is 10.8. The lowest BCUT2D eigenvalue weighted by Gasteiger charge is -2.24. The lowest BCUT2D eigenvalue weighted by molar-refractivity contribution is -0.120. The molecule has 0 spiro atoms. The van der Waals surface area contributed by atoms with Crippen LogP contribution in [-0.4, -0.2) is 5.78 Å². The first-order valence-corrected chi connectivity index (χ1v) is 7.52. The van der Waals surface area contributed by atoms with Gasteiger partial charge in [0.1, 0.15) is 5.78 Å². The molecule has 0 saturated heterocycles. The van der Waals surface area contributed by atoms with E-state index >= 15 is 0 Å². The first-order chi connectivity index (χ1) is 8.17. The van der Waals surface area contributed by atoms with Crippen molar-refractivity contribution in [2.75, 3.05) is 0 Å². The van der Waals surface area contributed by atoms with Crippen molar-refractivity contribution in [3.63, 3.8) is 0 Å². The number of carbonyl (C=O) groups excluding carboxylic acids is 1. The summed E-state index contributed by atoms with van der Waals surface area (Å²) in [7, 11) is 0. The predicted octanol–water partition coefficient (Wildman–Crippen LogP) is 5.34. The van der Waals surface area contributed by atoms with Gasteiger partial charge < -0.3 is 0 Å². The maximum atomic E-state index is 11.8. The van der Waals surface area contributed by atoms with E-state index in [9.17, 15) is 4.79 Å². The monoisotopic (exact) mass is 239 g/mol. The van der Waals surface area contributed by atoms with Crippen LogP contribution in [0.4, 0.5) is 0 Å². The third-order valence-electron chi connectivity index (χ3n) is 3.53. The fourth-order valence-electron chi connectivity index (χ4n) is 2.38. The van der Waals surface area contributed by atoms with Crippen LogP contribution < -0.4 is 0 Å². The van der Waals surface area contributed by atoms with E-state index in [4.69, 9.17) is 0 Å². The van der Waals surface area contributed by atoms with Gasteiger partial charge in [-0.1, -0.05) is 59.3 Å². The van der Waals surface area contributed by atoms with Crippen LogP contribution in [-0.2, 0) is 4.79 Å². The highest BCUT2D eigenvalue weighted by molar-refractivity contribution is 5.80. The molecule has 0 aliphatic heterocycles. The van der Waals surface area contributed by atoms with Crippen molar-refractivity contribution in [1.82, 2.24) is 0 Å². The molecule has 1 nitrogen and oxygen atoms in total. The number of hydrogen-bond donors (Lipinski definition) is 0. The molecule has 17 heavy (non-hydrogen) atoms. The van der Waals surface area contributed by atoms with Crippen molar-refractivity contribution < 1.29 is 4.79 Å². The van der Waals surface area contributed by atoms with Crippen molar-refractivity contribution in [3.8, 4) is 0 Å². The molecule has 0 amide bonds. The SMILES string of the molecule is CCCC[C](CCCC)C(CCCC)C(C)=O. The Morgan fingerprint density at radius 1 is 0.882 bits per heavy atom. The molecule has 0 saturated carbocycles. The molecule has 1 heteroatoms. The van der Waals surface area contributed by atoms with E-state index in [0.717, 1.165) is 6.42 Å². The fraction of sp³-hybridized carbons (Fsp3) is 0.875. The van der Waals surface area contributed by atoms with E-state index in [1.165, 1.54) is 57.3 Å². The molecule has 1 radical (unpaired) electrons. The van der Waals surface area contributed by atoms with Gasteiger partial charge in [0, 0.05) is 5.92 Å². The average molecular weight is 239 g/mol. The smallest absolute Gasteiger partial charge is 0.133 e. The molecule has 0 N–H and O–H groups in total. The lowest BCUT2D eigenvalue weighted by atomic mass is 9.79. The van der Waals surface area contributed by atoms with E-state index in [-0.39, 0.29) is 5.92 Å². The summed E-state index contributed by atoms with van der Waals surface area (Å²) >= 11 is 0. The van der Waals surface area contributed by atoms with E-state index in [2.05, 4.69) is 20.8 Å². The molecule has 101 valence electrons. The lowest BCUT2D eigenvalue weighted by Crippen LogP contribution is -2.20. The first-order valence-electron chi connectivity index (χ1n) is 7.52. The summed E-state index contributed by atoms with van der Waals surface area (Å²) < 4.78 is 0. The Morgan fingerprint density at radius 3 is 1.71 bits per heavy atom. The molecule has 0 aliphatic rings. The Hall–Kier alpha value is -0.330. The standard InChI is InChI=1S/C16H31O/c1-5-8-11-15(12-9-6-2)16(14(4)17)13-10-7-3/h16H,5-13H2,1-4H3. The predicted molar refractivity (Wildman–Crippen MR) is 76.0 cm³/mol. The molecule has 0 aliphatic carbocycles. The van der Waals surface area contributed by atoms with E-state index < -0.39 is 0 Å². The Kier molecular flexibility index (Phi) is 10.6. The molecule has 0 rings (SSSR count). The van der Waals surface area contributed by atoms with Gasteiger partial charge in [-0.15, -0.1) is 0 Å². The van der Waals surface area contributed by atoms with Crippen molar-refractivity contribution in [2.24, 2.45) is 5.92 Å². The van der Waals surface area contributed by atoms with Crippen LogP contribution in [0.25, 0.3) is 0 Å². The molecule has 0 aromatic carbocycles. The van der Waals surface area contributed by atoms with Crippen LogP contribution in [0.5, 0.6) is 0 Å². The minimum absolute atomic E-state index is 0.257. The van der Waals surface area contributed by atoms with Gasteiger partial charge in [0.05, 0.1) is 0 Å². The highest BCUT2D eigenvalue weighted by atomic mass is 16.1. The molecule has 0 bridgehead atoms. The molecule has 0 fully saturated rings. The van der Waals surface area contributed by atoms with Gasteiger partial charge in [-0.05, 0) is 32.1 Å². The number of unbranched alkanes of at least 4 members (excludes halogenated alkanes) is 3. The second-order valence-corrected chi connectivity index (χ2v) is 5.17. The highest BCUT2D eigenvalue weighted by Gasteiger charge is 2.24. The van der Waals surface area contributed by atoms with Crippen LogP contribution in [0.2, 0.25) is 0 Å². The van der Waals surface area contributed by atoms with Crippen LogP contribution in [0.1, 0.15) is 85.5 Å². The topological polar surface area (TPSA) is 17.1 Å². The van der Waals surface area contributed by atoms with Crippen molar-refractivity contribution in [3.05, 3.63) is 5.92 Å². The van der Waals surface area contributed by atoms with Gasteiger partial charge in [-0.2, -0.15) is 0 Å². The Bertz CT molecular complexity index is 178. The zero-order valence-electron chi connectivity index (χ0n) is 12.3. The zero-order valence-corrected chi connectivity index (χ0v) is 12.3. The number of ketones is 1. The van der Waals surface area contributed by atoms with Gasteiger partial charge in [-0.3, -0.25) is 4.79 Å². The molecule has 1 unspecified atom stereocenters. The number of carbonyl (C=O) groups is 1. The third-order valence-corrected chi connectivity index (χ3v) is 3.53. The van der Waals surface area contributed by atoms with E-state index in [1.54, 1.807) is 6.92 Å². The first kappa shape index (κ1) is 16.7. The summed E-state index contributed by atoms with van der Waals surface area (Å²) in [4.78, 5) is 11.8. The number of rotatable bonds is 11. The van der Waals surface area contributed by atoms with Gasteiger partial charge in [0.25, 0.3) is 0 Å². The summed E-state index contributed by atoms with van der Waals surface area (Å²) in [6.45, 7) is 8.44. The van der Waals surface area contributed by atoms with Gasteiger partial charge >= 0.3 is 0 Å². The summed E-state index contributed by atoms with van der Waals surface area (Å²) in [6, 6.07) is 0. The maximum Gasteiger partial charge on any atom is 0.133 e. The van der Waals surface area contributed by atoms with E-state index in [0.29, 0.717) is 5.78 Å². The number of Topliss-reactive ketones (excluding diaryl/α,β-unsaturated/α-hetero) is 1. The van der Waals surface area contributed by atoms with Crippen LogP contribution in [0, 0.1) is 11.8 Å². The molecular formula is C16H31O. The average Bonchev–Trinajstić information content (AvgIpc) is 2.31. The van der Waals surface area contributed by atoms with E-state index in [1.807, 2.05) is 0 Å².